The van der Waals surface area contributed by atoms with Crippen molar-refractivity contribution in [1.29, 1.82) is 0 Å². The number of anilines is 4. The standard InChI is InChI=1S/C17H21N7O3/c18-14(25)10-21-17-20-9-13(15(19)26)16(23-17)22-11-1-3-12(4-2-11)24-5-7-27-8-6-24/h1-4,9H,5-8,10H2,(H2,18,25)(H2,19,26)(H2,20,21,22,23). The number of morpholine rings is 1. The van der Waals surface area contributed by atoms with Gasteiger partial charge in [-0.1, -0.05) is 0 Å². The quantitative estimate of drug-likeness (QED) is 0.533. The summed E-state index contributed by atoms with van der Waals surface area (Å²) in [6, 6.07) is 7.72. The second-order valence-corrected chi connectivity index (χ2v) is 5.91. The molecule has 6 N–H and O–H groups in total. The number of carbonyl (C=O) groups is 2. The summed E-state index contributed by atoms with van der Waals surface area (Å²) in [5, 5.41) is 5.74. The lowest BCUT2D eigenvalue weighted by Gasteiger charge is -2.28. The van der Waals surface area contributed by atoms with Gasteiger partial charge in [-0.3, -0.25) is 9.59 Å². The maximum Gasteiger partial charge on any atom is 0.254 e. The number of hydrogen-bond donors (Lipinski definition) is 4. The first-order valence-corrected chi connectivity index (χ1v) is 8.42. The minimum atomic E-state index is -0.663. The number of nitrogens with one attached hydrogen (secondary N) is 2. The molecule has 2 amide bonds. The molecule has 2 heterocycles. The third-order valence-electron chi connectivity index (χ3n) is 3.98. The monoisotopic (exact) mass is 371 g/mol. The molecule has 1 aliphatic rings. The molecular weight excluding hydrogens is 350 g/mol. The smallest absolute Gasteiger partial charge is 0.254 e. The number of rotatable bonds is 7. The van der Waals surface area contributed by atoms with Crippen molar-refractivity contribution < 1.29 is 14.3 Å². The van der Waals surface area contributed by atoms with Gasteiger partial charge in [0.2, 0.25) is 11.9 Å². The average molecular weight is 371 g/mol. The number of nitrogens with two attached hydrogens (primary N) is 2. The number of nitrogens with zero attached hydrogens (tertiary/aromatic N) is 3. The second kappa shape index (κ2) is 8.32. The van der Waals surface area contributed by atoms with E-state index in [-0.39, 0.29) is 23.9 Å². The first-order valence-electron chi connectivity index (χ1n) is 8.42. The molecule has 0 unspecified atom stereocenters. The highest BCUT2D eigenvalue weighted by Gasteiger charge is 2.14. The van der Waals surface area contributed by atoms with Crippen molar-refractivity contribution >= 4 is 35.0 Å². The minimum absolute atomic E-state index is 0.121. The van der Waals surface area contributed by atoms with Gasteiger partial charge in [0, 0.05) is 30.7 Å². The minimum Gasteiger partial charge on any atom is -0.378 e. The van der Waals surface area contributed by atoms with Crippen molar-refractivity contribution in [3.8, 4) is 0 Å². The number of benzene rings is 1. The summed E-state index contributed by atoms with van der Waals surface area (Å²) in [4.78, 5) is 32.9. The van der Waals surface area contributed by atoms with Crippen molar-refractivity contribution in [2.45, 2.75) is 0 Å². The van der Waals surface area contributed by atoms with Crippen LogP contribution in [-0.4, -0.2) is 54.6 Å². The summed E-state index contributed by atoms with van der Waals surface area (Å²) < 4.78 is 5.36. The molecule has 10 heteroatoms. The van der Waals surface area contributed by atoms with Crippen LogP contribution in [-0.2, 0) is 9.53 Å². The highest BCUT2D eigenvalue weighted by Crippen LogP contribution is 2.23. The Morgan fingerprint density at radius 2 is 1.85 bits per heavy atom. The van der Waals surface area contributed by atoms with Gasteiger partial charge in [-0.15, -0.1) is 0 Å². The van der Waals surface area contributed by atoms with E-state index in [4.69, 9.17) is 16.2 Å². The van der Waals surface area contributed by atoms with E-state index in [9.17, 15) is 9.59 Å². The van der Waals surface area contributed by atoms with Gasteiger partial charge in [-0.05, 0) is 24.3 Å². The lowest BCUT2D eigenvalue weighted by molar-refractivity contribution is -0.116. The molecule has 2 aromatic rings. The van der Waals surface area contributed by atoms with Crippen LogP contribution in [0.3, 0.4) is 0 Å². The fourth-order valence-electron chi connectivity index (χ4n) is 2.62. The summed E-state index contributed by atoms with van der Waals surface area (Å²) in [6.45, 7) is 3.00. The lowest BCUT2D eigenvalue weighted by atomic mass is 10.2. The van der Waals surface area contributed by atoms with Crippen molar-refractivity contribution in [3.05, 3.63) is 36.0 Å². The van der Waals surface area contributed by atoms with E-state index in [1.807, 2.05) is 24.3 Å². The van der Waals surface area contributed by atoms with Crippen LogP contribution in [0.4, 0.5) is 23.1 Å². The number of amides is 2. The Balaban J connectivity index is 1.77. The second-order valence-electron chi connectivity index (χ2n) is 5.91. The third-order valence-corrected chi connectivity index (χ3v) is 3.98. The maximum atomic E-state index is 11.6. The first-order chi connectivity index (χ1) is 13.0. The van der Waals surface area contributed by atoms with Gasteiger partial charge in [-0.2, -0.15) is 4.98 Å². The summed E-state index contributed by atoms with van der Waals surface area (Å²) in [5.74, 6) is -0.815. The summed E-state index contributed by atoms with van der Waals surface area (Å²) in [7, 11) is 0. The Morgan fingerprint density at radius 1 is 1.15 bits per heavy atom. The zero-order valence-corrected chi connectivity index (χ0v) is 14.6. The van der Waals surface area contributed by atoms with Crippen LogP contribution in [0.15, 0.2) is 30.5 Å². The summed E-state index contributed by atoms with van der Waals surface area (Å²) >= 11 is 0. The molecule has 142 valence electrons. The highest BCUT2D eigenvalue weighted by atomic mass is 16.5. The van der Waals surface area contributed by atoms with E-state index in [2.05, 4.69) is 25.5 Å². The third kappa shape index (κ3) is 4.82. The molecule has 0 aliphatic carbocycles. The van der Waals surface area contributed by atoms with Crippen molar-refractivity contribution in [2.75, 3.05) is 48.4 Å². The van der Waals surface area contributed by atoms with E-state index >= 15 is 0 Å². The highest BCUT2D eigenvalue weighted by molar-refractivity contribution is 5.98. The molecule has 1 aromatic carbocycles. The van der Waals surface area contributed by atoms with E-state index < -0.39 is 11.8 Å². The fourth-order valence-corrected chi connectivity index (χ4v) is 2.62. The molecule has 0 spiro atoms. The van der Waals surface area contributed by atoms with Gasteiger partial charge in [-0.25, -0.2) is 4.98 Å². The zero-order chi connectivity index (χ0) is 19.2. The SMILES string of the molecule is NC(=O)CNc1ncc(C(N)=O)c(Nc2ccc(N3CCOCC3)cc2)n1. The Labute approximate surface area is 155 Å². The van der Waals surface area contributed by atoms with E-state index in [0.717, 1.165) is 24.5 Å². The van der Waals surface area contributed by atoms with Gasteiger partial charge in [0.15, 0.2) is 0 Å². The number of carbonyl (C=O) groups excluding carboxylic acids is 2. The van der Waals surface area contributed by atoms with Gasteiger partial charge in [0.25, 0.3) is 5.91 Å². The summed E-state index contributed by atoms with van der Waals surface area (Å²) in [5.41, 5.74) is 12.4. The lowest BCUT2D eigenvalue weighted by Crippen LogP contribution is -2.36. The molecule has 3 rings (SSSR count). The molecule has 0 bridgehead atoms. The van der Waals surface area contributed by atoms with Crippen LogP contribution in [0.5, 0.6) is 0 Å². The van der Waals surface area contributed by atoms with Crippen molar-refractivity contribution in [2.24, 2.45) is 11.5 Å². The van der Waals surface area contributed by atoms with E-state index in [0.29, 0.717) is 13.2 Å². The normalized spacial score (nSPS) is 13.9. The van der Waals surface area contributed by atoms with Crippen LogP contribution in [0.2, 0.25) is 0 Å². The van der Waals surface area contributed by atoms with Crippen molar-refractivity contribution in [3.63, 3.8) is 0 Å². The van der Waals surface area contributed by atoms with Crippen LogP contribution in [0.1, 0.15) is 10.4 Å². The van der Waals surface area contributed by atoms with Crippen molar-refractivity contribution in [1.82, 2.24) is 9.97 Å². The molecule has 0 saturated carbocycles. The van der Waals surface area contributed by atoms with E-state index in [1.165, 1.54) is 6.20 Å². The number of hydrogen-bond acceptors (Lipinski definition) is 8. The zero-order valence-electron chi connectivity index (χ0n) is 14.6. The molecule has 1 aromatic heterocycles. The van der Waals surface area contributed by atoms with Crippen LogP contribution >= 0.6 is 0 Å². The number of primary amides is 2. The van der Waals surface area contributed by atoms with Gasteiger partial charge in [0.1, 0.15) is 11.4 Å². The Morgan fingerprint density at radius 3 is 2.48 bits per heavy atom. The fraction of sp³-hybridized carbons (Fsp3) is 0.294. The molecule has 0 atom stereocenters. The topological polar surface area (TPSA) is 148 Å². The molecule has 1 aliphatic heterocycles. The molecule has 1 fully saturated rings. The average Bonchev–Trinajstić information content (AvgIpc) is 2.67. The number of aromatic nitrogens is 2. The van der Waals surface area contributed by atoms with Crippen LogP contribution in [0, 0.1) is 0 Å². The van der Waals surface area contributed by atoms with Gasteiger partial charge in [0.05, 0.1) is 19.8 Å². The predicted octanol–water partition coefficient (Wildman–Crippen LogP) is 0.0529. The molecule has 27 heavy (non-hydrogen) atoms. The first kappa shape index (κ1) is 18.4. The molecule has 10 nitrogen and oxygen atoms in total. The van der Waals surface area contributed by atoms with Gasteiger partial charge >= 0.3 is 0 Å². The molecule has 0 radical (unpaired) electrons. The number of ether oxygens (including phenoxy) is 1. The van der Waals surface area contributed by atoms with E-state index in [1.54, 1.807) is 0 Å². The molecular formula is C17H21N7O3. The van der Waals surface area contributed by atoms with Gasteiger partial charge < -0.3 is 31.7 Å². The maximum absolute atomic E-state index is 11.6. The summed E-state index contributed by atoms with van der Waals surface area (Å²) in [6.07, 6.45) is 1.29. The Hall–Kier alpha value is -3.40. The van der Waals surface area contributed by atoms with Crippen LogP contribution < -0.4 is 27.0 Å². The van der Waals surface area contributed by atoms with Crippen LogP contribution in [0.25, 0.3) is 0 Å². The Bertz CT molecular complexity index is 820. The predicted molar refractivity (Wildman–Crippen MR) is 101 cm³/mol. The largest absolute Gasteiger partial charge is 0.378 e. The Kier molecular flexibility index (Phi) is 5.67. The molecule has 1 saturated heterocycles.